The average molecular weight is 316 g/mol. The molecule has 1 aliphatic heterocycles. The Balaban J connectivity index is 2.83. The van der Waals surface area contributed by atoms with E-state index in [-0.39, 0.29) is 0 Å². The topological polar surface area (TPSA) is 43.4 Å². The Labute approximate surface area is 139 Å². The highest BCUT2D eigenvalue weighted by atomic mass is 16.6. The zero-order valence-electron chi connectivity index (χ0n) is 14.9. The Kier molecular flexibility index (Phi) is 5.97. The van der Waals surface area contributed by atoms with E-state index in [0.717, 1.165) is 62.5 Å². The van der Waals surface area contributed by atoms with Gasteiger partial charge in [0.15, 0.2) is 0 Å². The van der Waals surface area contributed by atoms with Gasteiger partial charge in [-0.3, -0.25) is 0 Å². The molecular weight excluding hydrogens is 288 g/mol. The maximum absolute atomic E-state index is 12.3. The van der Waals surface area contributed by atoms with Crippen LogP contribution in [0, 0.1) is 0 Å². The molecule has 0 atom stereocenters. The maximum atomic E-state index is 12.3. The van der Waals surface area contributed by atoms with Crippen LogP contribution in [0.4, 0.5) is 0 Å². The van der Waals surface area contributed by atoms with Crippen molar-refractivity contribution >= 4 is 11.9 Å². The summed E-state index contributed by atoms with van der Waals surface area (Å²) < 4.78 is 4.99. The van der Waals surface area contributed by atoms with E-state index in [2.05, 4.69) is 27.7 Å². The van der Waals surface area contributed by atoms with Crippen LogP contribution in [0.5, 0.6) is 0 Å². The number of rotatable bonds is 8. The predicted octanol–water partition coefficient (Wildman–Crippen LogP) is 4.81. The summed E-state index contributed by atoms with van der Waals surface area (Å²) in [6.07, 6.45) is 7.62. The fourth-order valence-electron chi connectivity index (χ4n) is 3.76. The minimum absolute atomic E-state index is 0.439. The minimum Gasteiger partial charge on any atom is -0.386 e. The number of hydrogen-bond acceptors (Lipinski definition) is 3. The summed E-state index contributed by atoms with van der Waals surface area (Å²) in [4.78, 5) is 24.6. The van der Waals surface area contributed by atoms with Gasteiger partial charge in [-0.1, -0.05) is 53.4 Å². The van der Waals surface area contributed by atoms with Crippen LogP contribution in [-0.2, 0) is 30.4 Å². The summed E-state index contributed by atoms with van der Waals surface area (Å²) in [6, 6.07) is 0. The van der Waals surface area contributed by atoms with Crippen molar-refractivity contribution in [3.63, 3.8) is 0 Å². The van der Waals surface area contributed by atoms with Crippen LogP contribution in [0.1, 0.15) is 96.3 Å². The molecule has 0 unspecified atom stereocenters. The summed E-state index contributed by atoms with van der Waals surface area (Å²) in [7, 11) is 0. The van der Waals surface area contributed by atoms with Gasteiger partial charge in [0.2, 0.25) is 0 Å². The molecule has 0 fully saturated rings. The maximum Gasteiger partial charge on any atom is 0.347 e. The molecule has 23 heavy (non-hydrogen) atoms. The lowest BCUT2D eigenvalue weighted by Crippen LogP contribution is -2.13. The number of hydrogen-bond donors (Lipinski definition) is 0. The van der Waals surface area contributed by atoms with Gasteiger partial charge in [-0.15, -0.1) is 0 Å². The van der Waals surface area contributed by atoms with Crippen LogP contribution in [0.25, 0.3) is 0 Å². The van der Waals surface area contributed by atoms with Crippen molar-refractivity contribution in [3.8, 4) is 0 Å². The molecule has 0 amide bonds. The Morgan fingerprint density at radius 1 is 0.565 bits per heavy atom. The fraction of sp³-hybridized carbons (Fsp3) is 0.600. The number of esters is 2. The number of benzene rings is 1. The molecule has 0 bridgehead atoms. The Morgan fingerprint density at radius 2 is 0.870 bits per heavy atom. The van der Waals surface area contributed by atoms with Gasteiger partial charge in [-0.05, 0) is 47.9 Å². The summed E-state index contributed by atoms with van der Waals surface area (Å²) in [5.41, 5.74) is 5.91. The molecule has 0 spiro atoms. The lowest BCUT2D eigenvalue weighted by molar-refractivity contribution is 0.0443. The molecule has 0 radical (unpaired) electrons. The Morgan fingerprint density at radius 3 is 1.17 bits per heavy atom. The number of carbonyl (C=O) groups is 2. The van der Waals surface area contributed by atoms with Crippen LogP contribution < -0.4 is 0 Å². The highest BCUT2D eigenvalue weighted by Crippen LogP contribution is 2.36. The van der Waals surface area contributed by atoms with Crippen LogP contribution in [0.3, 0.4) is 0 Å². The van der Waals surface area contributed by atoms with Crippen molar-refractivity contribution in [2.45, 2.75) is 79.1 Å². The number of ether oxygens (including phenoxy) is 1. The van der Waals surface area contributed by atoms with Crippen LogP contribution in [-0.4, -0.2) is 11.9 Å². The van der Waals surface area contributed by atoms with Crippen molar-refractivity contribution in [1.29, 1.82) is 0 Å². The summed E-state index contributed by atoms with van der Waals surface area (Å²) in [6.45, 7) is 8.57. The van der Waals surface area contributed by atoms with Gasteiger partial charge in [0.05, 0.1) is 11.1 Å². The quantitative estimate of drug-likeness (QED) is 0.511. The van der Waals surface area contributed by atoms with Crippen molar-refractivity contribution < 1.29 is 14.3 Å². The smallest absolute Gasteiger partial charge is 0.347 e. The normalized spacial score (nSPS) is 13.4. The first-order valence-electron chi connectivity index (χ1n) is 9.06. The largest absolute Gasteiger partial charge is 0.386 e. The summed E-state index contributed by atoms with van der Waals surface area (Å²) in [5, 5.41) is 0. The van der Waals surface area contributed by atoms with Crippen molar-refractivity contribution in [2.75, 3.05) is 0 Å². The van der Waals surface area contributed by atoms with Gasteiger partial charge in [-0.25, -0.2) is 9.59 Å². The van der Waals surface area contributed by atoms with E-state index in [0.29, 0.717) is 11.1 Å². The molecule has 0 aromatic heterocycles. The molecule has 1 heterocycles. The first-order valence-corrected chi connectivity index (χ1v) is 9.06. The van der Waals surface area contributed by atoms with Crippen LogP contribution in [0.2, 0.25) is 0 Å². The second-order valence-corrected chi connectivity index (χ2v) is 6.34. The van der Waals surface area contributed by atoms with Gasteiger partial charge in [-0.2, -0.15) is 0 Å². The van der Waals surface area contributed by atoms with Crippen molar-refractivity contribution in [2.24, 2.45) is 0 Å². The second kappa shape index (κ2) is 7.76. The molecule has 0 saturated heterocycles. The molecular formula is C20H28O3. The lowest BCUT2D eigenvalue weighted by atomic mass is 9.81. The Bertz CT molecular complexity index is 561. The molecule has 3 heteroatoms. The zero-order chi connectivity index (χ0) is 17.0. The molecule has 0 aliphatic carbocycles. The summed E-state index contributed by atoms with van der Waals surface area (Å²) >= 11 is 0. The zero-order valence-corrected chi connectivity index (χ0v) is 14.9. The average Bonchev–Trinajstić information content (AvgIpc) is 2.81. The SMILES string of the molecule is CCCc1c(CCC)c(CCC)c2c(c1CCC)C(=O)OC2=O. The third-order valence-electron chi connectivity index (χ3n) is 4.54. The molecule has 126 valence electrons. The van der Waals surface area contributed by atoms with Gasteiger partial charge in [0.1, 0.15) is 0 Å². The number of cyclic esters (lactones) is 2. The first kappa shape index (κ1) is 17.7. The van der Waals surface area contributed by atoms with Gasteiger partial charge >= 0.3 is 11.9 Å². The van der Waals surface area contributed by atoms with Gasteiger partial charge in [0.25, 0.3) is 0 Å². The first-order chi connectivity index (χ1) is 11.1. The lowest BCUT2D eigenvalue weighted by Gasteiger charge is -2.21. The molecule has 0 N–H and O–H groups in total. The van der Waals surface area contributed by atoms with E-state index in [1.807, 2.05) is 0 Å². The van der Waals surface area contributed by atoms with E-state index in [1.54, 1.807) is 0 Å². The summed E-state index contributed by atoms with van der Waals surface area (Å²) in [5.74, 6) is -0.877. The number of carbonyl (C=O) groups excluding carboxylic acids is 2. The third-order valence-corrected chi connectivity index (χ3v) is 4.54. The van der Waals surface area contributed by atoms with Crippen molar-refractivity contribution in [1.82, 2.24) is 0 Å². The molecule has 1 aromatic carbocycles. The molecule has 0 saturated carbocycles. The van der Waals surface area contributed by atoms with E-state index >= 15 is 0 Å². The van der Waals surface area contributed by atoms with Gasteiger partial charge in [0, 0.05) is 0 Å². The van der Waals surface area contributed by atoms with Crippen molar-refractivity contribution in [3.05, 3.63) is 33.4 Å². The molecule has 1 aromatic rings. The molecule has 3 nitrogen and oxygen atoms in total. The Hall–Kier alpha value is -1.64. The van der Waals surface area contributed by atoms with E-state index in [1.165, 1.54) is 11.1 Å². The minimum atomic E-state index is -0.439. The highest BCUT2D eigenvalue weighted by Gasteiger charge is 2.37. The monoisotopic (exact) mass is 316 g/mol. The van der Waals surface area contributed by atoms with E-state index < -0.39 is 11.9 Å². The fourth-order valence-corrected chi connectivity index (χ4v) is 3.76. The van der Waals surface area contributed by atoms with E-state index in [9.17, 15) is 9.59 Å². The third kappa shape index (κ3) is 3.19. The molecule has 1 aliphatic rings. The predicted molar refractivity (Wildman–Crippen MR) is 92.2 cm³/mol. The highest BCUT2D eigenvalue weighted by molar-refractivity contribution is 6.16. The van der Waals surface area contributed by atoms with Crippen LogP contribution in [0.15, 0.2) is 0 Å². The van der Waals surface area contributed by atoms with E-state index in [4.69, 9.17) is 4.74 Å². The van der Waals surface area contributed by atoms with Gasteiger partial charge < -0.3 is 4.74 Å². The second-order valence-electron chi connectivity index (χ2n) is 6.34. The number of fused-ring (bicyclic) bond motifs is 1. The van der Waals surface area contributed by atoms with Crippen LogP contribution >= 0.6 is 0 Å². The standard InChI is InChI=1S/C20H28O3/c1-5-9-13-14(10-6-2)16(12-8-4)18-17(15(13)11-7-3)19(21)23-20(18)22/h5-12H2,1-4H3. The molecule has 2 rings (SSSR count).